The molecule has 1 aromatic rings. The lowest BCUT2D eigenvalue weighted by atomic mass is 9.96. The molecule has 0 saturated carbocycles. The zero-order valence-corrected chi connectivity index (χ0v) is 8.92. The van der Waals surface area contributed by atoms with Crippen LogP contribution in [0.2, 0.25) is 0 Å². The molecule has 1 rings (SSSR count). The van der Waals surface area contributed by atoms with E-state index in [0.717, 1.165) is 0 Å². The summed E-state index contributed by atoms with van der Waals surface area (Å²) in [6.07, 6.45) is 0. The lowest BCUT2D eigenvalue weighted by Gasteiger charge is -2.11. The van der Waals surface area contributed by atoms with E-state index in [1.807, 2.05) is 0 Å². The van der Waals surface area contributed by atoms with Crippen molar-refractivity contribution in [1.82, 2.24) is 0 Å². The number of rotatable bonds is 3. The first-order chi connectivity index (χ1) is 6.15. The molecule has 72 valence electrons. The third kappa shape index (κ3) is 2.56. The van der Waals surface area contributed by atoms with Gasteiger partial charge in [0.05, 0.1) is 6.61 Å². The Morgan fingerprint density at radius 1 is 1.31 bits per heavy atom. The van der Waals surface area contributed by atoms with Gasteiger partial charge in [-0.2, -0.15) is 0 Å². The molecule has 0 N–H and O–H groups in total. The molecule has 0 saturated heterocycles. The monoisotopic (exact) mass is 178 g/mol. The number of methoxy groups -OCH3 is 1. The molecule has 0 aliphatic rings. The fourth-order valence-corrected chi connectivity index (χ4v) is 1.57. The van der Waals surface area contributed by atoms with Crippen LogP contribution in [-0.4, -0.2) is 7.11 Å². The first kappa shape index (κ1) is 10.3. The Morgan fingerprint density at radius 2 is 2.00 bits per heavy atom. The van der Waals surface area contributed by atoms with Gasteiger partial charge in [-0.25, -0.2) is 0 Å². The molecule has 0 heterocycles. The predicted octanol–water partition coefficient (Wildman–Crippen LogP) is 3.26. The molecular formula is C12H18O. The van der Waals surface area contributed by atoms with Gasteiger partial charge in [-0.3, -0.25) is 0 Å². The summed E-state index contributed by atoms with van der Waals surface area (Å²) in [7, 11) is 1.73. The van der Waals surface area contributed by atoms with Crippen LogP contribution in [0.3, 0.4) is 0 Å². The van der Waals surface area contributed by atoms with Crippen molar-refractivity contribution in [3.8, 4) is 0 Å². The van der Waals surface area contributed by atoms with Crippen molar-refractivity contribution in [3.05, 3.63) is 34.9 Å². The molecular weight excluding hydrogens is 160 g/mol. The third-order valence-electron chi connectivity index (χ3n) is 2.28. The van der Waals surface area contributed by atoms with Crippen molar-refractivity contribution >= 4 is 0 Å². The van der Waals surface area contributed by atoms with Crippen LogP contribution in [0.1, 0.15) is 36.5 Å². The maximum absolute atomic E-state index is 5.10. The Kier molecular flexibility index (Phi) is 3.49. The van der Waals surface area contributed by atoms with Crippen molar-refractivity contribution < 1.29 is 4.74 Å². The topological polar surface area (TPSA) is 9.23 Å². The van der Waals surface area contributed by atoms with Crippen LogP contribution in [-0.2, 0) is 11.3 Å². The van der Waals surface area contributed by atoms with Gasteiger partial charge >= 0.3 is 0 Å². The first-order valence-electron chi connectivity index (χ1n) is 4.73. The highest BCUT2D eigenvalue weighted by Gasteiger charge is 2.03. The van der Waals surface area contributed by atoms with Gasteiger partial charge in [0.25, 0.3) is 0 Å². The summed E-state index contributed by atoms with van der Waals surface area (Å²) in [4.78, 5) is 0. The Morgan fingerprint density at radius 3 is 2.54 bits per heavy atom. The molecule has 0 spiro atoms. The summed E-state index contributed by atoms with van der Waals surface area (Å²) in [6, 6.07) is 6.54. The van der Waals surface area contributed by atoms with Gasteiger partial charge in [0.1, 0.15) is 0 Å². The maximum atomic E-state index is 5.10. The van der Waals surface area contributed by atoms with Crippen molar-refractivity contribution in [3.63, 3.8) is 0 Å². The highest BCUT2D eigenvalue weighted by molar-refractivity contribution is 5.32. The Labute approximate surface area is 80.7 Å². The summed E-state index contributed by atoms with van der Waals surface area (Å²) >= 11 is 0. The molecule has 1 nitrogen and oxygen atoms in total. The van der Waals surface area contributed by atoms with Gasteiger partial charge in [-0.15, -0.1) is 0 Å². The average Bonchev–Trinajstić information content (AvgIpc) is 2.08. The van der Waals surface area contributed by atoms with E-state index in [1.165, 1.54) is 16.7 Å². The summed E-state index contributed by atoms with van der Waals surface area (Å²) in [6.45, 7) is 7.31. The minimum Gasteiger partial charge on any atom is -0.380 e. The van der Waals surface area contributed by atoms with E-state index in [0.29, 0.717) is 12.5 Å². The van der Waals surface area contributed by atoms with Crippen LogP contribution in [0.25, 0.3) is 0 Å². The maximum Gasteiger partial charge on any atom is 0.0713 e. The van der Waals surface area contributed by atoms with Crippen molar-refractivity contribution in [2.75, 3.05) is 7.11 Å². The standard InChI is InChI=1S/C12H18O/c1-9(2)12-7-11(8-13-4)6-5-10(12)3/h5-7,9H,8H2,1-4H3. The molecule has 1 heteroatoms. The third-order valence-corrected chi connectivity index (χ3v) is 2.28. The molecule has 0 fully saturated rings. The highest BCUT2D eigenvalue weighted by Crippen LogP contribution is 2.20. The number of benzene rings is 1. The summed E-state index contributed by atoms with van der Waals surface area (Å²) in [5.41, 5.74) is 4.06. The van der Waals surface area contributed by atoms with E-state index in [2.05, 4.69) is 39.0 Å². The Hall–Kier alpha value is -0.820. The fraction of sp³-hybridized carbons (Fsp3) is 0.500. The molecule has 0 aliphatic heterocycles. The van der Waals surface area contributed by atoms with Gasteiger partial charge in [0.15, 0.2) is 0 Å². The lowest BCUT2D eigenvalue weighted by Crippen LogP contribution is -1.95. The number of hydrogen-bond donors (Lipinski definition) is 0. The number of aryl methyl sites for hydroxylation is 1. The van der Waals surface area contributed by atoms with Gasteiger partial charge in [0.2, 0.25) is 0 Å². The van der Waals surface area contributed by atoms with Crippen LogP contribution in [0.5, 0.6) is 0 Å². The zero-order valence-electron chi connectivity index (χ0n) is 8.92. The second-order valence-electron chi connectivity index (χ2n) is 3.78. The summed E-state index contributed by atoms with van der Waals surface area (Å²) < 4.78 is 5.10. The van der Waals surface area contributed by atoms with Gasteiger partial charge in [0, 0.05) is 7.11 Å². The Bertz CT molecular complexity index is 276. The van der Waals surface area contributed by atoms with E-state index >= 15 is 0 Å². The van der Waals surface area contributed by atoms with E-state index in [1.54, 1.807) is 7.11 Å². The second kappa shape index (κ2) is 4.43. The molecule has 0 atom stereocenters. The van der Waals surface area contributed by atoms with Crippen molar-refractivity contribution in [1.29, 1.82) is 0 Å². The van der Waals surface area contributed by atoms with Crippen molar-refractivity contribution in [2.24, 2.45) is 0 Å². The van der Waals surface area contributed by atoms with E-state index in [-0.39, 0.29) is 0 Å². The predicted molar refractivity (Wildman–Crippen MR) is 56.0 cm³/mol. The first-order valence-corrected chi connectivity index (χ1v) is 4.73. The smallest absolute Gasteiger partial charge is 0.0713 e. The number of hydrogen-bond acceptors (Lipinski definition) is 1. The Balaban J connectivity index is 2.97. The van der Waals surface area contributed by atoms with Gasteiger partial charge < -0.3 is 4.74 Å². The van der Waals surface area contributed by atoms with E-state index in [4.69, 9.17) is 4.74 Å². The van der Waals surface area contributed by atoms with E-state index in [9.17, 15) is 0 Å². The van der Waals surface area contributed by atoms with E-state index < -0.39 is 0 Å². The van der Waals surface area contributed by atoms with Crippen LogP contribution in [0.15, 0.2) is 18.2 Å². The van der Waals surface area contributed by atoms with Crippen LogP contribution in [0.4, 0.5) is 0 Å². The van der Waals surface area contributed by atoms with Gasteiger partial charge in [-0.1, -0.05) is 32.0 Å². The molecule has 1 aromatic carbocycles. The molecule has 0 amide bonds. The van der Waals surface area contributed by atoms with Gasteiger partial charge in [-0.05, 0) is 29.5 Å². The number of ether oxygens (including phenoxy) is 1. The molecule has 0 bridgehead atoms. The minimum absolute atomic E-state index is 0.594. The molecule has 0 aromatic heterocycles. The van der Waals surface area contributed by atoms with Crippen LogP contribution < -0.4 is 0 Å². The fourth-order valence-electron chi connectivity index (χ4n) is 1.57. The second-order valence-corrected chi connectivity index (χ2v) is 3.78. The largest absolute Gasteiger partial charge is 0.380 e. The quantitative estimate of drug-likeness (QED) is 0.690. The molecule has 0 unspecified atom stereocenters. The van der Waals surface area contributed by atoms with Crippen LogP contribution >= 0.6 is 0 Å². The average molecular weight is 178 g/mol. The van der Waals surface area contributed by atoms with Crippen molar-refractivity contribution in [2.45, 2.75) is 33.3 Å². The zero-order chi connectivity index (χ0) is 9.84. The highest BCUT2D eigenvalue weighted by atomic mass is 16.5. The normalized spacial score (nSPS) is 10.8. The van der Waals surface area contributed by atoms with Crippen LogP contribution in [0, 0.1) is 6.92 Å². The SMILES string of the molecule is COCc1ccc(C)c(C(C)C)c1. The lowest BCUT2D eigenvalue weighted by molar-refractivity contribution is 0.185. The minimum atomic E-state index is 0.594. The summed E-state index contributed by atoms with van der Waals surface area (Å²) in [5, 5.41) is 0. The molecule has 13 heavy (non-hydrogen) atoms. The summed E-state index contributed by atoms with van der Waals surface area (Å²) in [5.74, 6) is 0.594. The molecule has 0 radical (unpaired) electrons. The molecule has 0 aliphatic carbocycles.